The third-order valence-corrected chi connectivity index (χ3v) is 4.02. The highest BCUT2D eigenvalue weighted by atomic mass is 16.2. The first-order valence-electron chi connectivity index (χ1n) is 7.73. The molecule has 0 atom stereocenters. The van der Waals surface area contributed by atoms with Gasteiger partial charge < -0.3 is 9.88 Å². The van der Waals surface area contributed by atoms with Crippen molar-refractivity contribution in [3.8, 4) is 0 Å². The van der Waals surface area contributed by atoms with Gasteiger partial charge in [0.25, 0.3) is 5.56 Å². The number of aromatic nitrogens is 2. The Morgan fingerprint density at radius 3 is 2.57 bits per heavy atom. The molecule has 0 radical (unpaired) electrons. The summed E-state index contributed by atoms with van der Waals surface area (Å²) in [5.41, 5.74) is 3.44. The molecule has 122 valence electrons. The average molecular weight is 313 g/mol. The van der Waals surface area contributed by atoms with E-state index in [4.69, 9.17) is 0 Å². The minimum atomic E-state index is -0.149. The summed E-state index contributed by atoms with van der Waals surface area (Å²) in [4.78, 5) is 32.9. The van der Waals surface area contributed by atoms with Crippen molar-refractivity contribution in [1.29, 1.82) is 0 Å². The number of rotatable bonds is 5. The smallest absolute Gasteiger partial charge is 0.254 e. The van der Waals surface area contributed by atoms with Crippen LogP contribution in [0.1, 0.15) is 34.6 Å². The maximum Gasteiger partial charge on any atom is 0.254 e. The SMILES string of the molecule is Cc1nc(C)c(CCC(=O)N(C)Cc2ccccc2C)c(=O)[nH]1. The van der Waals surface area contributed by atoms with Crippen LogP contribution < -0.4 is 5.56 Å². The highest BCUT2D eigenvalue weighted by Gasteiger charge is 2.13. The van der Waals surface area contributed by atoms with E-state index in [2.05, 4.69) is 9.97 Å². The number of carbonyl (C=O) groups excluding carboxylic acids is 1. The Bertz CT molecular complexity index is 765. The fourth-order valence-corrected chi connectivity index (χ4v) is 2.60. The van der Waals surface area contributed by atoms with Gasteiger partial charge in [-0.25, -0.2) is 4.98 Å². The number of amides is 1. The van der Waals surface area contributed by atoms with E-state index in [9.17, 15) is 9.59 Å². The van der Waals surface area contributed by atoms with Crippen molar-refractivity contribution < 1.29 is 4.79 Å². The van der Waals surface area contributed by atoms with Gasteiger partial charge in [0.1, 0.15) is 5.82 Å². The topological polar surface area (TPSA) is 66.1 Å². The Morgan fingerprint density at radius 2 is 1.91 bits per heavy atom. The zero-order valence-corrected chi connectivity index (χ0v) is 14.1. The normalized spacial score (nSPS) is 10.6. The van der Waals surface area contributed by atoms with Crippen molar-refractivity contribution in [3.05, 3.63) is 62.8 Å². The van der Waals surface area contributed by atoms with Gasteiger partial charge in [-0.1, -0.05) is 24.3 Å². The quantitative estimate of drug-likeness (QED) is 0.921. The number of aryl methyl sites for hydroxylation is 3. The van der Waals surface area contributed by atoms with E-state index < -0.39 is 0 Å². The molecule has 0 aliphatic carbocycles. The molecule has 1 aromatic carbocycles. The van der Waals surface area contributed by atoms with Crippen LogP contribution in [0.5, 0.6) is 0 Å². The van der Waals surface area contributed by atoms with Crippen LogP contribution in [0.4, 0.5) is 0 Å². The molecule has 5 heteroatoms. The summed E-state index contributed by atoms with van der Waals surface area (Å²) >= 11 is 0. The summed E-state index contributed by atoms with van der Waals surface area (Å²) in [6, 6.07) is 8.02. The maximum atomic E-state index is 12.3. The van der Waals surface area contributed by atoms with Gasteiger partial charge in [-0.15, -0.1) is 0 Å². The van der Waals surface area contributed by atoms with Gasteiger partial charge in [-0.2, -0.15) is 0 Å². The first kappa shape index (κ1) is 16.9. The van der Waals surface area contributed by atoms with E-state index in [-0.39, 0.29) is 11.5 Å². The van der Waals surface area contributed by atoms with Crippen molar-refractivity contribution in [3.63, 3.8) is 0 Å². The van der Waals surface area contributed by atoms with Crippen molar-refractivity contribution in [2.45, 2.75) is 40.2 Å². The van der Waals surface area contributed by atoms with Crippen LogP contribution >= 0.6 is 0 Å². The lowest BCUT2D eigenvalue weighted by atomic mass is 10.1. The Hall–Kier alpha value is -2.43. The lowest BCUT2D eigenvalue weighted by molar-refractivity contribution is -0.130. The minimum absolute atomic E-state index is 0.0210. The summed E-state index contributed by atoms with van der Waals surface area (Å²) in [5.74, 6) is 0.617. The van der Waals surface area contributed by atoms with E-state index in [0.717, 1.165) is 5.56 Å². The first-order valence-corrected chi connectivity index (χ1v) is 7.73. The fourth-order valence-electron chi connectivity index (χ4n) is 2.60. The molecule has 0 fully saturated rings. The molecule has 0 aliphatic heterocycles. The number of aromatic amines is 1. The van der Waals surface area contributed by atoms with Crippen molar-refractivity contribution in [2.75, 3.05) is 7.05 Å². The molecule has 1 aromatic heterocycles. The summed E-state index contributed by atoms with van der Waals surface area (Å²) in [6.07, 6.45) is 0.711. The van der Waals surface area contributed by atoms with Gasteiger partial charge in [0.05, 0.1) is 0 Å². The van der Waals surface area contributed by atoms with Gasteiger partial charge in [0.2, 0.25) is 5.91 Å². The highest BCUT2D eigenvalue weighted by Crippen LogP contribution is 2.11. The van der Waals surface area contributed by atoms with Crippen LogP contribution in [0.25, 0.3) is 0 Å². The van der Waals surface area contributed by atoms with Gasteiger partial charge in [0, 0.05) is 31.3 Å². The summed E-state index contributed by atoms with van der Waals surface area (Å²) in [5, 5.41) is 0. The molecule has 0 spiro atoms. The molecule has 1 heterocycles. The second-order valence-corrected chi connectivity index (χ2v) is 5.89. The summed E-state index contributed by atoms with van der Waals surface area (Å²) in [7, 11) is 1.79. The number of nitrogens with one attached hydrogen (secondary N) is 1. The molecule has 0 unspecified atom stereocenters. The number of hydrogen-bond acceptors (Lipinski definition) is 3. The fraction of sp³-hybridized carbons (Fsp3) is 0.389. The monoisotopic (exact) mass is 313 g/mol. The predicted molar refractivity (Wildman–Crippen MR) is 90.3 cm³/mol. The maximum absolute atomic E-state index is 12.3. The Kier molecular flexibility index (Phi) is 5.32. The number of carbonyl (C=O) groups is 1. The number of nitrogens with zero attached hydrogens (tertiary/aromatic N) is 2. The predicted octanol–water partition coefficient (Wildman–Crippen LogP) is 2.29. The standard InChI is InChI=1S/C18H23N3O2/c1-12-7-5-6-8-15(12)11-21(4)17(22)10-9-16-13(2)19-14(3)20-18(16)23/h5-8H,9-11H2,1-4H3,(H,19,20,23). The Balaban J connectivity index is 2.00. The molecule has 0 aliphatic rings. The minimum Gasteiger partial charge on any atom is -0.341 e. The van der Waals surface area contributed by atoms with Gasteiger partial charge in [-0.05, 0) is 38.3 Å². The molecule has 0 saturated carbocycles. The van der Waals surface area contributed by atoms with Crippen LogP contribution in [0, 0.1) is 20.8 Å². The zero-order chi connectivity index (χ0) is 17.0. The molecule has 2 aromatic rings. The molecule has 1 amide bonds. The molecule has 1 N–H and O–H groups in total. The van der Waals surface area contributed by atoms with Crippen molar-refractivity contribution in [2.24, 2.45) is 0 Å². The van der Waals surface area contributed by atoms with Crippen LogP contribution in [-0.2, 0) is 17.8 Å². The van der Waals surface area contributed by atoms with Crippen LogP contribution in [0.15, 0.2) is 29.1 Å². The van der Waals surface area contributed by atoms with Crippen LogP contribution in [0.3, 0.4) is 0 Å². The van der Waals surface area contributed by atoms with Gasteiger partial charge in [0.15, 0.2) is 0 Å². The first-order chi connectivity index (χ1) is 10.9. The molecule has 2 rings (SSSR count). The van der Waals surface area contributed by atoms with Crippen molar-refractivity contribution >= 4 is 5.91 Å². The summed E-state index contributed by atoms with van der Waals surface area (Å²) < 4.78 is 0. The molecule has 0 bridgehead atoms. The molecule has 5 nitrogen and oxygen atoms in total. The number of H-pyrrole nitrogens is 1. The Labute approximate surface area is 136 Å². The highest BCUT2D eigenvalue weighted by molar-refractivity contribution is 5.76. The average Bonchev–Trinajstić information content (AvgIpc) is 2.48. The van der Waals surface area contributed by atoms with E-state index in [1.165, 1.54) is 5.56 Å². The molecular weight excluding hydrogens is 290 g/mol. The van der Waals surface area contributed by atoms with Crippen LogP contribution in [0.2, 0.25) is 0 Å². The van der Waals surface area contributed by atoms with Crippen molar-refractivity contribution in [1.82, 2.24) is 14.9 Å². The molecule has 0 saturated heterocycles. The van der Waals surface area contributed by atoms with E-state index in [1.54, 1.807) is 25.8 Å². The third-order valence-electron chi connectivity index (χ3n) is 4.02. The Morgan fingerprint density at radius 1 is 1.22 bits per heavy atom. The lowest BCUT2D eigenvalue weighted by Crippen LogP contribution is -2.28. The number of benzene rings is 1. The lowest BCUT2D eigenvalue weighted by Gasteiger charge is -2.18. The second-order valence-electron chi connectivity index (χ2n) is 5.89. The molecule has 23 heavy (non-hydrogen) atoms. The van der Waals surface area contributed by atoms with Gasteiger partial charge in [-0.3, -0.25) is 9.59 Å². The second kappa shape index (κ2) is 7.22. The zero-order valence-electron chi connectivity index (χ0n) is 14.1. The third kappa shape index (κ3) is 4.28. The van der Waals surface area contributed by atoms with E-state index in [1.807, 2.05) is 31.2 Å². The number of hydrogen-bond donors (Lipinski definition) is 1. The van der Waals surface area contributed by atoms with E-state index >= 15 is 0 Å². The molecular formula is C18H23N3O2. The van der Waals surface area contributed by atoms with Crippen LogP contribution in [-0.4, -0.2) is 27.8 Å². The largest absolute Gasteiger partial charge is 0.341 e. The van der Waals surface area contributed by atoms with E-state index in [0.29, 0.717) is 36.5 Å². The van der Waals surface area contributed by atoms with Gasteiger partial charge >= 0.3 is 0 Å². The summed E-state index contributed by atoms with van der Waals surface area (Å²) in [6.45, 7) is 6.17.